The molecule has 0 aliphatic carbocycles. The Kier molecular flexibility index (Phi) is 13.8. The van der Waals surface area contributed by atoms with E-state index in [0.29, 0.717) is 50.8 Å². The number of benzene rings is 1. The van der Waals surface area contributed by atoms with Crippen LogP contribution in [0.1, 0.15) is 84.2 Å². The zero-order chi connectivity index (χ0) is 33.0. The summed E-state index contributed by atoms with van der Waals surface area (Å²) in [7, 11) is 1.61. The number of ketones is 1. The molecule has 1 aliphatic rings. The Morgan fingerprint density at radius 2 is 1.80 bits per heavy atom. The highest BCUT2D eigenvalue weighted by Crippen LogP contribution is 2.24. The van der Waals surface area contributed by atoms with Crippen molar-refractivity contribution in [1.82, 2.24) is 26.2 Å². The maximum atomic E-state index is 13.8. The van der Waals surface area contributed by atoms with Gasteiger partial charge in [0, 0.05) is 38.4 Å². The van der Waals surface area contributed by atoms with Crippen molar-refractivity contribution in [2.45, 2.75) is 90.3 Å². The van der Waals surface area contributed by atoms with E-state index in [-0.39, 0.29) is 36.3 Å². The molecule has 0 unspecified atom stereocenters. The smallest absolute Gasteiger partial charge is 0.249 e. The second kappa shape index (κ2) is 16.8. The number of carbonyl (C=O) groups excluding carboxylic acids is 5. The molecule has 44 heavy (non-hydrogen) atoms. The molecule has 0 saturated carbocycles. The van der Waals surface area contributed by atoms with Crippen molar-refractivity contribution >= 4 is 29.4 Å². The maximum absolute atomic E-state index is 13.8. The van der Waals surface area contributed by atoms with E-state index < -0.39 is 47.1 Å². The van der Waals surface area contributed by atoms with E-state index in [9.17, 15) is 28.4 Å². The number of Topliss-reactive ketones (excluding diaryl/α,β-unsaturated/α-hetero) is 1. The third kappa shape index (κ3) is 10.6. The van der Waals surface area contributed by atoms with Crippen molar-refractivity contribution in [3.63, 3.8) is 0 Å². The number of hydrogen-bond donors (Lipinski definition) is 5. The molecule has 0 radical (unpaired) electrons. The van der Waals surface area contributed by atoms with E-state index in [1.807, 2.05) is 0 Å². The van der Waals surface area contributed by atoms with E-state index in [1.54, 1.807) is 34.7 Å². The summed E-state index contributed by atoms with van der Waals surface area (Å²) >= 11 is 0. The Bertz CT molecular complexity index is 1190. The molecule has 11 nitrogen and oxygen atoms in total. The molecule has 1 saturated heterocycles. The van der Waals surface area contributed by atoms with Crippen molar-refractivity contribution in [1.29, 1.82) is 0 Å². The summed E-state index contributed by atoms with van der Waals surface area (Å²) in [5.41, 5.74) is 4.76. The molecule has 0 aromatic heterocycles. The Hall–Kier alpha value is -3.96. The summed E-state index contributed by atoms with van der Waals surface area (Å²) in [5, 5.41) is 11.3. The van der Waals surface area contributed by atoms with Crippen LogP contribution in [0.2, 0.25) is 0 Å². The normalized spacial score (nSPS) is 24.4. The zero-order valence-corrected chi connectivity index (χ0v) is 26.6. The van der Waals surface area contributed by atoms with Crippen LogP contribution in [-0.2, 0) is 24.0 Å². The summed E-state index contributed by atoms with van der Waals surface area (Å²) in [6.45, 7) is 11.2. The standard InChI is InChI=1S/C32H49FN6O5/c1-7-25-30(43)37-27(22-12-14-24(33)15-13-22)31(44)39(6)18-9-8-16-32(5,38-28(41)20(2)3)26(40)19-23(29(42)36-25)11-10-17-35-21(4)34/h12-15,20,23,25,27,35H,4,7-11,16-19,34H2,1-3,5-6H3,(H,36,42)(H,37,43)(H,38,41)/t23-,25+,27-,32-/m1/s1. The molecule has 0 bridgehead atoms. The predicted molar refractivity (Wildman–Crippen MR) is 166 cm³/mol. The molecular formula is C32H49FN6O5. The molecule has 12 heteroatoms. The van der Waals surface area contributed by atoms with E-state index in [2.05, 4.69) is 27.8 Å². The van der Waals surface area contributed by atoms with Gasteiger partial charge >= 0.3 is 0 Å². The topological polar surface area (TPSA) is 163 Å². The summed E-state index contributed by atoms with van der Waals surface area (Å²) in [4.78, 5) is 68.7. The average molecular weight is 617 g/mol. The molecule has 6 N–H and O–H groups in total. The van der Waals surface area contributed by atoms with Crippen LogP contribution in [0.4, 0.5) is 4.39 Å². The first kappa shape index (κ1) is 36.2. The second-order valence-electron chi connectivity index (χ2n) is 12.1. The summed E-state index contributed by atoms with van der Waals surface area (Å²) in [6, 6.07) is 3.22. The SMILES string of the molecule is C=C(N)NCCC[C@@H]1CC(=O)[C@](C)(NC(=O)C(C)C)CCCCN(C)C(=O)[C@@H](c2ccc(F)cc2)NC(=O)[C@H](CC)NC1=O. The van der Waals surface area contributed by atoms with Crippen LogP contribution in [0.25, 0.3) is 0 Å². The van der Waals surface area contributed by atoms with Crippen LogP contribution in [0, 0.1) is 17.7 Å². The fourth-order valence-electron chi connectivity index (χ4n) is 5.05. The largest absolute Gasteiger partial charge is 0.386 e. The molecule has 244 valence electrons. The fraction of sp³-hybridized carbons (Fsp3) is 0.594. The van der Waals surface area contributed by atoms with Gasteiger partial charge < -0.3 is 31.9 Å². The lowest BCUT2D eigenvalue weighted by Crippen LogP contribution is -2.55. The van der Waals surface area contributed by atoms with Gasteiger partial charge in [-0.15, -0.1) is 0 Å². The minimum Gasteiger partial charge on any atom is -0.386 e. The highest BCUT2D eigenvalue weighted by molar-refractivity contribution is 5.97. The van der Waals surface area contributed by atoms with Crippen molar-refractivity contribution in [2.75, 3.05) is 20.1 Å². The number of nitrogens with zero attached hydrogens (tertiary/aromatic N) is 1. The number of hydrogen-bond acceptors (Lipinski definition) is 7. The highest BCUT2D eigenvalue weighted by atomic mass is 19.1. The maximum Gasteiger partial charge on any atom is 0.249 e. The van der Waals surface area contributed by atoms with Gasteiger partial charge in [-0.1, -0.05) is 39.5 Å². The Morgan fingerprint density at radius 1 is 1.14 bits per heavy atom. The monoisotopic (exact) mass is 616 g/mol. The first-order valence-corrected chi connectivity index (χ1v) is 15.3. The second-order valence-corrected chi connectivity index (χ2v) is 12.1. The summed E-state index contributed by atoms with van der Waals surface area (Å²) < 4.78 is 13.7. The molecule has 1 aromatic carbocycles. The third-order valence-electron chi connectivity index (χ3n) is 8.00. The zero-order valence-electron chi connectivity index (χ0n) is 26.6. The Balaban J connectivity index is 2.47. The van der Waals surface area contributed by atoms with Gasteiger partial charge in [0.25, 0.3) is 0 Å². The van der Waals surface area contributed by atoms with Crippen molar-refractivity contribution < 1.29 is 28.4 Å². The van der Waals surface area contributed by atoms with Crippen LogP contribution in [-0.4, -0.2) is 66.0 Å². The first-order chi connectivity index (χ1) is 20.7. The average Bonchev–Trinajstić information content (AvgIpc) is 2.97. The molecule has 2 rings (SSSR count). The highest BCUT2D eigenvalue weighted by Gasteiger charge is 2.38. The molecule has 1 aromatic rings. The molecule has 4 atom stereocenters. The number of amides is 4. The molecule has 0 spiro atoms. The van der Waals surface area contributed by atoms with Crippen LogP contribution in [0.15, 0.2) is 36.7 Å². The van der Waals surface area contributed by atoms with Gasteiger partial charge in [0.1, 0.15) is 17.9 Å². The van der Waals surface area contributed by atoms with Gasteiger partial charge in [-0.25, -0.2) is 4.39 Å². The summed E-state index contributed by atoms with van der Waals surface area (Å²) in [6.07, 6.45) is 2.21. The van der Waals surface area contributed by atoms with Gasteiger partial charge in [-0.05, 0) is 63.1 Å². The van der Waals surface area contributed by atoms with E-state index in [1.165, 1.54) is 29.2 Å². The van der Waals surface area contributed by atoms with Gasteiger partial charge in [0.05, 0.1) is 11.4 Å². The lowest BCUT2D eigenvalue weighted by atomic mass is 9.83. The van der Waals surface area contributed by atoms with Crippen molar-refractivity contribution in [2.24, 2.45) is 17.6 Å². The number of rotatable bonds is 9. The van der Waals surface area contributed by atoms with Gasteiger partial charge in [0.15, 0.2) is 5.78 Å². The van der Waals surface area contributed by atoms with Gasteiger partial charge in [-0.3, -0.25) is 24.0 Å². The van der Waals surface area contributed by atoms with Crippen LogP contribution in [0.5, 0.6) is 0 Å². The Labute approximate surface area is 259 Å². The molecule has 1 heterocycles. The molecular weight excluding hydrogens is 567 g/mol. The molecule has 4 amide bonds. The summed E-state index contributed by atoms with van der Waals surface area (Å²) in [5.74, 6) is -3.38. The fourth-order valence-corrected chi connectivity index (χ4v) is 5.05. The lowest BCUT2D eigenvalue weighted by Gasteiger charge is -2.33. The van der Waals surface area contributed by atoms with Crippen LogP contribution >= 0.6 is 0 Å². The number of nitrogens with two attached hydrogens (primary N) is 1. The van der Waals surface area contributed by atoms with Gasteiger partial charge in [-0.2, -0.15) is 0 Å². The lowest BCUT2D eigenvalue weighted by molar-refractivity contribution is -0.138. The molecule has 1 aliphatic heterocycles. The van der Waals surface area contributed by atoms with Crippen molar-refractivity contribution in [3.8, 4) is 0 Å². The third-order valence-corrected chi connectivity index (χ3v) is 8.00. The van der Waals surface area contributed by atoms with Crippen LogP contribution in [0.3, 0.4) is 0 Å². The van der Waals surface area contributed by atoms with Crippen molar-refractivity contribution in [3.05, 3.63) is 48.0 Å². The van der Waals surface area contributed by atoms with Gasteiger partial charge in [0.2, 0.25) is 23.6 Å². The number of carbonyl (C=O) groups is 5. The predicted octanol–water partition coefficient (Wildman–Crippen LogP) is 2.43. The van der Waals surface area contributed by atoms with Crippen LogP contribution < -0.4 is 27.0 Å². The Morgan fingerprint density at radius 3 is 2.39 bits per heavy atom. The van der Waals surface area contributed by atoms with E-state index >= 15 is 0 Å². The number of likely N-dealkylation sites (N-methyl/N-ethyl adjacent to an activating group) is 1. The number of nitrogens with one attached hydrogen (secondary N) is 4. The first-order valence-electron chi connectivity index (χ1n) is 15.3. The minimum atomic E-state index is -1.23. The van der Waals surface area contributed by atoms with E-state index in [0.717, 1.165) is 0 Å². The molecule has 1 fully saturated rings. The van der Waals surface area contributed by atoms with E-state index in [4.69, 9.17) is 5.73 Å². The quantitative estimate of drug-likeness (QED) is 0.266. The minimum absolute atomic E-state index is 0.140. The number of halogens is 1.